The number of amides is 1. The van der Waals surface area contributed by atoms with Crippen molar-refractivity contribution < 1.29 is 45.8 Å². The summed E-state index contributed by atoms with van der Waals surface area (Å²) in [6.45, 7) is -0.422. The molecule has 0 aliphatic rings. The largest absolute Gasteiger partial charge is 0.478 e. The van der Waals surface area contributed by atoms with Crippen LogP contribution in [0.1, 0.15) is 34.8 Å². The van der Waals surface area contributed by atoms with Crippen LogP contribution >= 0.6 is 11.3 Å². The molecule has 1 aromatic heterocycles. The lowest BCUT2D eigenvalue weighted by atomic mass is 10.0. The highest BCUT2D eigenvalue weighted by Crippen LogP contribution is 2.29. The standard InChI is InChI=1S/C25H20F6N2O4S/c1-13(23(35)36)8-17-18(26)9-15(10-19(17)27)22(34)33-24-32-20(11-38-24)16-6-2-4-14(21(16)28)5-3-7-37-12-25(29,30)31/h2,4,6,8-11H,3,5,7,12H2,1H3,(H,35,36)(H,32,33,34). The minimum Gasteiger partial charge on any atom is -0.478 e. The number of carboxylic acids is 1. The number of thiazole rings is 1. The Labute approximate surface area is 216 Å². The molecule has 2 aromatic carbocycles. The second-order valence-electron chi connectivity index (χ2n) is 8.03. The molecule has 0 unspecified atom stereocenters. The van der Waals surface area contributed by atoms with E-state index in [1.165, 1.54) is 17.5 Å². The van der Waals surface area contributed by atoms with Gasteiger partial charge in [-0.2, -0.15) is 13.2 Å². The van der Waals surface area contributed by atoms with Crippen molar-refractivity contribution in [2.24, 2.45) is 0 Å². The molecule has 202 valence electrons. The van der Waals surface area contributed by atoms with E-state index in [-0.39, 0.29) is 52.5 Å². The van der Waals surface area contributed by atoms with Crippen LogP contribution in [-0.2, 0) is 16.0 Å². The molecular weight excluding hydrogens is 538 g/mol. The maximum atomic E-state index is 15.0. The third-order valence-electron chi connectivity index (χ3n) is 5.12. The molecule has 13 heteroatoms. The van der Waals surface area contributed by atoms with E-state index in [0.717, 1.165) is 36.5 Å². The van der Waals surface area contributed by atoms with Gasteiger partial charge < -0.3 is 9.84 Å². The third-order valence-corrected chi connectivity index (χ3v) is 5.88. The lowest BCUT2D eigenvalue weighted by Gasteiger charge is -2.09. The number of ether oxygens (including phenoxy) is 1. The zero-order valence-corrected chi connectivity index (χ0v) is 20.5. The summed E-state index contributed by atoms with van der Waals surface area (Å²) in [6.07, 6.45) is -3.35. The lowest BCUT2D eigenvalue weighted by molar-refractivity contribution is -0.174. The number of halogens is 6. The molecule has 3 rings (SSSR count). The molecule has 0 spiro atoms. The zero-order chi connectivity index (χ0) is 28.0. The first-order valence-corrected chi connectivity index (χ1v) is 11.8. The quantitative estimate of drug-likeness (QED) is 0.169. The number of carboxylic acid groups (broad SMARTS) is 1. The van der Waals surface area contributed by atoms with Crippen molar-refractivity contribution in [3.63, 3.8) is 0 Å². The average molecular weight is 559 g/mol. The van der Waals surface area contributed by atoms with Crippen LogP contribution < -0.4 is 5.32 Å². The maximum Gasteiger partial charge on any atom is 0.411 e. The summed E-state index contributed by atoms with van der Waals surface area (Å²) in [7, 11) is 0. The molecule has 0 saturated heterocycles. The van der Waals surface area contributed by atoms with E-state index < -0.39 is 47.7 Å². The van der Waals surface area contributed by atoms with E-state index >= 15 is 0 Å². The molecule has 0 atom stereocenters. The fourth-order valence-corrected chi connectivity index (χ4v) is 3.98. The Morgan fingerprint density at radius 2 is 1.84 bits per heavy atom. The van der Waals surface area contributed by atoms with Gasteiger partial charge in [0.1, 0.15) is 24.1 Å². The van der Waals surface area contributed by atoms with E-state index in [0.29, 0.717) is 0 Å². The van der Waals surface area contributed by atoms with Crippen molar-refractivity contribution in [2.75, 3.05) is 18.5 Å². The van der Waals surface area contributed by atoms with Crippen LogP contribution in [0.5, 0.6) is 0 Å². The van der Waals surface area contributed by atoms with Gasteiger partial charge in [0, 0.05) is 34.3 Å². The first-order valence-electron chi connectivity index (χ1n) is 11.0. The van der Waals surface area contributed by atoms with Crippen LogP contribution in [0.3, 0.4) is 0 Å². The van der Waals surface area contributed by atoms with Gasteiger partial charge in [-0.1, -0.05) is 12.1 Å². The summed E-state index contributed by atoms with van der Waals surface area (Å²) in [5, 5.41) is 12.7. The number of rotatable bonds is 10. The van der Waals surface area contributed by atoms with Crippen LogP contribution in [0, 0.1) is 17.5 Å². The van der Waals surface area contributed by atoms with Gasteiger partial charge >= 0.3 is 12.1 Å². The summed E-state index contributed by atoms with van der Waals surface area (Å²) in [6, 6.07) is 5.97. The van der Waals surface area contributed by atoms with Gasteiger partial charge in [0.15, 0.2) is 5.13 Å². The van der Waals surface area contributed by atoms with E-state index in [2.05, 4.69) is 15.0 Å². The number of nitrogens with one attached hydrogen (secondary N) is 1. The van der Waals surface area contributed by atoms with Gasteiger partial charge in [-0.3, -0.25) is 10.1 Å². The molecule has 0 bridgehead atoms. The van der Waals surface area contributed by atoms with Crippen LogP contribution in [0.15, 0.2) is 41.3 Å². The van der Waals surface area contributed by atoms with E-state index in [4.69, 9.17) is 5.11 Å². The van der Waals surface area contributed by atoms with E-state index in [1.54, 1.807) is 6.07 Å². The topological polar surface area (TPSA) is 88.5 Å². The Morgan fingerprint density at radius 3 is 2.47 bits per heavy atom. The summed E-state index contributed by atoms with van der Waals surface area (Å²) in [5.41, 5.74) is -0.795. The number of hydrogen-bond donors (Lipinski definition) is 2. The monoisotopic (exact) mass is 558 g/mol. The Hall–Kier alpha value is -3.71. The predicted molar refractivity (Wildman–Crippen MR) is 128 cm³/mol. The van der Waals surface area contributed by atoms with Crippen molar-refractivity contribution in [1.82, 2.24) is 4.98 Å². The van der Waals surface area contributed by atoms with Gasteiger partial charge in [0.2, 0.25) is 0 Å². The van der Waals surface area contributed by atoms with Crippen LogP contribution in [0.25, 0.3) is 17.3 Å². The molecule has 6 nitrogen and oxygen atoms in total. The number of anilines is 1. The highest BCUT2D eigenvalue weighted by atomic mass is 32.1. The summed E-state index contributed by atoms with van der Waals surface area (Å²) in [4.78, 5) is 27.6. The predicted octanol–water partition coefficient (Wildman–Crippen LogP) is 6.48. The highest BCUT2D eigenvalue weighted by molar-refractivity contribution is 7.14. The second kappa shape index (κ2) is 12.2. The SMILES string of the molecule is CC(=Cc1c(F)cc(C(=O)Nc2nc(-c3cccc(CCCOCC(F)(F)F)c3F)cs2)cc1F)C(=O)O. The summed E-state index contributed by atoms with van der Waals surface area (Å²) in [5.74, 6) is -5.17. The molecule has 38 heavy (non-hydrogen) atoms. The molecule has 1 amide bonds. The second-order valence-corrected chi connectivity index (χ2v) is 8.89. The normalized spacial score (nSPS) is 12.0. The first-order chi connectivity index (χ1) is 17.9. The van der Waals surface area contributed by atoms with Crippen molar-refractivity contribution >= 4 is 34.4 Å². The minimum absolute atomic E-state index is 0.0156. The number of aromatic nitrogens is 1. The highest BCUT2D eigenvalue weighted by Gasteiger charge is 2.27. The molecular formula is C25H20F6N2O4S. The van der Waals surface area contributed by atoms with Gasteiger partial charge in [0.05, 0.1) is 5.69 Å². The number of benzene rings is 2. The first kappa shape index (κ1) is 28.9. The van der Waals surface area contributed by atoms with Gasteiger partial charge in [-0.05, 0) is 49.6 Å². The molecule has 0 radical (unpaired) electrons. The van der Waals surface area contributed by atoms with E-state index in [9.17, 15) is 35.9 Å². The van der Waals surface area contributed by atoms with Crippen LogP contribution in [0.4, 0.5) is 31.5 Å². The number of nitrogens with zero attached hydrogens (tertiary/aromatic N) is 1. The molecule has 0 aliphatic carbocycles. The molecule has 2 N–H and O–H groups in total. The summed E-state index contributed by atoms with van der Waals surface area (Å²) < 4.78 is 84.6. The fourth-order valence-electron chi connectivity index (χ4n) is 3.28. The van der Waals surface area contributed by atoms with Crippen molar-refractivity contribution in [3.8, 4) is 11.3 Å². The third kappa shape index (κ3) is 7.65. The van der Waals surface area contributed by atoms with Gasteiger partial charge in [-0.15, -0.1) is 11.3 Å². The van der Waals surface area contributed by atoms with E-state index in [1.807, 2.05) is 0 Å². The molecule has 0 aliphatic heterocycles. The van der Waals surface area contributed by atoms with Crippen molar-refractivity contribution in [1.29, 1.82) is 0 Å². The Bertz CT molecular complexity index is 1350. The number of aryl methyl sites for hydroxylation is 1. The molecule has 0 fully saturated rings. The Kier molecular flexibility index (Phi) is 9.28. The number of hydrogen-bond acceptors (Lipinski definition) is 5. The fraction of sp³-hybridized carbons (Fsp3) is 0.240. The average Bonchev–Trinajstić information content (AvgIpc) is 3.29. The lowest BCUT2D eigenvalue weighted by Crippen LogP contribution is -2.17. The summed E-state index contributed by atoms with van der Waals surface area (Å²) >= 11 is 0.933. The number of carbonyl (C=O) groups is 2. The van der Waals surface area contributed by atoms with Crippen molar-refractivity contribution in [3.05, 3.63) is 75.4 Å². The van der Waals surface area contributed by atoms with Crippen LogP contribution in [0.2, 0.25) is 0 Å². The smallest absolute Gasteiger partial charge is 0.411 e. The molecule has 0 saturated carbocycles. The van der Waals surface area contributed by atoms with Gasteiger partial charge in [-0.25, -0.2) is 22.9 Å². The Balaban J connectivity index is 1.69. The Morgan fingerprint density at radius 1 is 1.16 bits per heavy atom. The number of aliphatic carboxylic acids is 1. The number of alkyl halides is 3. The van der Waals surface area contributed by atoms with Crippen LogP contribution in [-0.4, -0.2) is 41.4 Å². The van der Waals surface area contributed by atoms with Crippen molar-refractivity contribution in [2.45, 2.75) is 25.9 Å². The maximum absolute atomic E-state index is 15.0. The number of carbonyl (C=O) groups excluding carboxylic acids is 1. The van der Waals surface area contributed by atoms with Gasteiger partial charge in [0.25, 0.3) is 5.91 Å². The molecule has 1 heterocycles. The molecule has 3 aromatic rings. The minimum atomic E-state index is -4.44. The zero-order valence-electron chi connectivity index (χ0n) is 19.7.